The smallest absolute Gasteiger partial charge is 0.417 e. The summed E-state index contributed by atoms with van der Waals surface area (Å²) < 4.78 is 12.0. The Labute approximate surface area is 219 Å². The number of ether oxygens (including phenoxy) is 2. The molecule has 6 rings (SSSR count). The van der Waals surface area contributed by atoms with Crippen LogP contribution >= 0.6 is 0 Å². The monoisotopic (exact) mass is 499 g/mol. The molecule has 5 heteroatoms. The first kappa shape index (κ1) is 24.4. The Hall–Kier alpha value is -2.92. The molecule has 0 unspecified atom stereocenters. The lowest BCUT2D eigenvalue weighted by atomic mass is 9.51. The van der Waals surface area contributed by atoms with Gasteiger partial charge < -0.3 is 9.47 Å². The lowest BCUT2D eigenvalue weighted by Crippen LogP contribution is -2.53. The van der Waals surface area contributed by atoms with Crippen LogP contribution in [0.4, 0.5) is 4.79 Å². The van der Waals surface area contributed by atoms with Gasteiger partial charge in [-0.05, 0) is 47.3 Å². The Morgan fingerprint density at radius 2 is 1.81 bits per heavy atom. The van der Waals surface area contributed by atoms with Crippen LogP contribution in [0, 0.1) is 22.7 Å². The molecule has 1 saturated carbocycles. The number of carbonyl (C=O) groups excluding carboxylic acids is 2. The number of rotatable bonds is 5. The average Bonchev–Trinajstić information content (AvgIpc) is 3.37. The summed E-state index contributed by atoms with van der Waals surface area (Å²) in [5.74, 6) is -0.419. The summed E-state index contributed by atoms with van der Waals surface area (Å²) in [6.07, 6.45) is 6.18. The minimum Gasteiger partial charge on any atom is -0.443 e. The van der Waals surface area contributed by atoms with Crippen LogP contribution in [0.15, 0.2) is 66.2 Å². The summed E-state index contributed by atoms with van der Waals surface area (Å²) in [5.41, 5.74) is 4.43. The van der Waals surface area contributed by atoms with E-state index in [2.05, 4.69) is 45.0 Å². The molecule has 0 radical (unpaired) electrons. The molecular weight excluding hydrogens is 462 g/mol. The Morgan fingerprint density at radius 3 is 2.62 bits per heavy atom. The number of nitrogens with zero attached hydrogens (tertiary/aromatic N) is 1. The van der Waals surface area contributed by atoms with E-state index in [1.54, 1.807) is 0 Å². The van der Waals surface area contributed by atoms with Crippen molar-refractivity contribution in [2.24, 2.45) is 22.7 Å². The molecule has 5 atom stereocenters. The molecule has 1 saturated heterocycles. The number of benzene rings is 2. The molecule has 2 fully saturated rings. The van der Waals surface area contributed by atoms with E-state index >= 15 is 0 Å². The van der Waals surface area contributed by atoms with Crippen LogP contribution in [0.5, 0.6) is 0 Å². The topological polar surface area (TPSA) is 55.8 Å². The zero-order valence-electron chi connectivity index (χ0n) is 22.1. The summed E-state index contributed by atoms with van der Waals surface area (Å²) in [5, 5.41) is 0. The zero-order valence-corrected chi connectivity index (χ0v) is 22.1. The fourth-order valence-corrected chi connectivity index (χ4v) is 7.86. The largest absolute Gasteiger partial charge is 0.443 e. The summed E-state index contributed by atoms with van der Waals surface area (Å²) in [6.45, 7) is 7.86. The third kappa shape index (κ3) is 4.03. The maximum Gasteiger partial charge on any atom is 0.417 e. The SMILES string of the molecule is CC1(C)CCC[C@@]2(C)C1=CC[C@@H](COCc1ccccc1)[C@@H]2C(=O)N1C(=O)O[C@H]2Cc3ccccc3[C@H]21. The number of imide groups is 1. The normalized spacial score (nSPS) is 31.7. The maximum atomic E-state index is 14.6. The highest BCUT2D eigenvalue weighted by atomic mass is 16.6. The highest BCUT2D eigenvalue weighted by Gasteiger charge is 2.58. The maximum absolute atomic E-state index is 14.6. The molecule has 5 nitrogen and oxygen atoms in total. The van der Waals surface area contributed by atoms with Gasteiger partial charge in [-0.3, -0.25) is 4.79 Å². The van der Waals surface area contributed by atoms with Gasteiger partial charge in [0.05, 0.1) is 19.1 Å². The molecule has 0 spiro atoms. The summed E-state index contributed by atoms with van der Waals surface area (Å²) in [4.78, 5) is 29.3. The fraction of sp³-hybridized carbons (Fsp3) is 0.500. The predicted molar refractivity (Wildman–Crippen MR) is 142 cm³/mol. The van der Waals surface area contributed by atoms with Gasteiger partial charge in [0.15, 0.2) is 0 Å². The Morgan fingerprint density at radius 1 is 1.05 bits per heavy atom. The molecule has 0 aromatic heterocycles. The van der Waals surface area contributed by atoms with Crippen LogP contribution < -0.4 is 0 Å². The summed E-state index contributed by atoms with van der Waals surface area (Å²) in [7, 11) is 0. The van der Waals surface area contributed by atoms with Gasteiger partial charge in [-0.1, -0.05) is 93.4 Å². The van der Waals surface area contributed by atoms with E-state index < -0.39 is 6.09 Å². The van der Waals surface area contributed by atoms with Gasteiger partial charge in [-0.25, -0.2) is 9.69 Å². The molecule has 0 bridgehead atoms. The lowest BCUT2D eigenvalue weighted by molar-refractivity contribution is -0.143. The molecule has 1 heterocycles. The minimum absolute atomic E-state index is 0.00218. The number of allylic oxidation sites excluding steroid dienone is 2. The second kappa shape index (κ2) is 9.13. The van der Waals surface area contributed by atoms with Crippen molar-refractivity contribution in [3.8, 4) is 0 Å². The number of hydrogen-bond acceptors (Lipinski definition) is 4. The van der Waals surface area contributed by atoms with Crippen LogP contribution in [0.1, 0.15) is 69.2 Å². The first-order valence-electron chi connectivity index (χ1n) is 13.7. The van der Waals surface area contributed by atoms with Crippen LogP contribution in [-0.2, 0) is 27.3 Å². The van der Waals surface area contributed by atoms with Crippen molar-refractivity contribution < 1.29 is 19.1 Å². The second-order valence-corrected chi connectivity index (χ2v) is 12.2. The van der Waals surface area contributed by atoms with Gasteiger partial charge in [0.25, 0.3) is 0 Å². The quantitative estimate of drug-likeness (QED) is 0.434. The van der Waals surface area contributed by atoms with Crippen molar-refractivity contribution in [2.75, 3.05) is 6.61 Å². The third-order valence-corrected chi connectivity index (χ3v) is 9.45. The molecule has 2 aromatic rings. The number of amides is 2. The fourth-order valence-electron chi connectivity index (χ4n) is 7.86. The van der Waals surface area contributed by atoms with E-state index in [9.17, 15) is 9.59 Å². The summed E-state index contributed by atoms with van der Waals surface area (Å²) in [6, 6.07) is 17.9. The van der Waals surface area contributed by atoms with E-state index in [1.165, 1.54) is 16.0 Å². The van der Waals surface area contributed by atoms with Crippen LogP contribution in [0.25, 0.3) is 0 Å². The van der Waals surface area contributed by atoms with Gasteiger partial charge in [-0.2, -0.15) is 0 Å². The van der Waals surface area contributed by atoms with Crippen molar-refractivity contribution >= 4 is 12.0 Å². The molecule has 2 amide bonds. The standard InChI is InChI=1S/C32H37NO4/c1-31(2)16-9-17-32(3)26(31)15-14-23(20-36-19-21-10-5-4-6-11-21)27(32)29(34)33-28-24-13-8-7-12-22(24)18-25(28)37-30(33)35/h4-8,10-13,15,23,25,27-28H,9,14,16-20H2,1-3H3/t23-,25-,27+,28+,32-/m0/s1. The molecule has 0 N–H and O–H groups in total. The number of carbonyl (C=O) groups is 2. The van der Waals surface area contributed by atoms with Gasteiger partial charge in [0.1, 0.15) is 12.1 Å². The Balaban J connectivity index is 1.34. The van der Waals surface area contributed by atoms with Crippen molar-refractivity contribution in [3.63, 3.8) is 0 Å². The van der Waals surface area contributed by atoms with E-state index in [4.69, 9.17) is 9.47 Å². The lowest BCUT2D eigenvalue weighted by Gasteiger charge is -2.54. The first-order chi connectivity index (χ1) is 17.8. The van der Waals surface area contributed by atoms with Gasteiger partial charge >= 0.3 is 6.09 Å². The van der Waals surface area contributed by atoms with Gasteiger partial charge in [0.2, 0.25) is 5.91 Å². The van der Waals surface area contributed by atoms with Crippen LogP contribution in [-0.4, -0.2) is 29.6 Å². The Bertz CT molecular complexity index is 1230. The molecule has 3 aliphatic carbocycles. The molecule has 2 aromatic carbocycles. The molecular formula is C32H37NO4. The predicted octanol–water partition coefficient (Wildman–Crippen LogP) is 6.63. The zero-order chi connectivity index (χ0) is 25.8. The van der Waals surface area contributed by atoms with Crippen molar-refractivity contribution in [1.29, 1.82) is 0 Å². The van der Waals surface area contributed by atoms with E-state index in [0.29, 0.717) is 19.6 Å². The molecule has 4 aliphatic rings. The van der Waals surface area contributed by atoms with E-state index in [1.807, 2.05) is 36.4 Å². The second-order valence-electron chi connectivity index (χ2n) is 12.2. The van der Waals surface area contributed by atoms with Gasteiger partial charge in [-0.15, -0.1) is 0 Å². The third-order valence-electron chi connectivity index (χ3n) is 9.45. The average molecular weight is 500 g/mol. The van der Waals surface area contributed by atoms with Crippen molar-refractivity contribution in [1.82, 2.24) is 4.90 Å². The first-order valence-corrected chi connectivity index (χ1v) is 13.7. The summed E-state index contributed by atoms with van der Waals surface area (Å²) >= 11 is 0. The van der Waals surface area contributed by atoms with Crippen LogP contribution in [0.3, 0.4) is 0 Å². The highest BCUT2D eigenvalue weighted by molar-refractivity contribution is 5.96. The van der Waals surface area contributed by atoms with Gasteiger partial charge in [0, 0.05) is 11.8 Å². The molecule has 1 aliphatic heterocycles. The van der Waals surface area contributed by atoms with E-state index in [0.717, 1.165) is 36.8 Å². The number of fused-ring (bicyclic) bond motifs is 4. The minimum atomic E-state index is -0.492. The van der Waals surface area contributed by atoms with Crippen molar-refractivity contribution in [3.05, 3.63) is 82.9 Å². The van der Waals surface area contributed by atoms with Crippen LogP contribution in [0.2, 0.25) is 0 Å². The van der Waals surface area contributed by atoms with Crippen molar-refractivity contribution in [2.45, 2.75) is 71.6 Å². The Kier molecular flexibility index (Phi) is 6.02. The van der Waals surface area contributed by atoms with E-state index in [-0.39, 0.29) is 40.7 Å². The molecule has 37 heavy (non-hydrogen) atoms. The highest BCUT2D eigenvalue weighted by Crippen LogP contribution is 2.60. The molecule has 194 valence electrons. The number of hydrogen-bond donors (Lipinski definition) is 0.